The van der Waals surface area contributed by atoms with Crippen LogP contribution in [0.1, 0.15) is 21.8 Å². The molecule has 2 aromatic rings. The van der Waals surface area contributed by atoms with E-state index in [4.69, 9.17) is 21.1 Å². The molecule has 0 amide bonds. The molecular weight excluding hydrogens is 242 g/mol. The first-order chi connectivity index (χ1) is 8.11. The number of nitrogens with zero attached hydrogens (tertiary/aromatic N) is 1. The van der Waals surface area contributed by atoms with E-state index in [1.807, 2.05) is 0 Å². The molecule has 0 atom stereocenters. The SMILES string of the molecule is Cc1oc(-c2ccc(C(=O)O)cc2)nc1CCl. The number of aromatic nitrogens is 1. The normalized spacial score (nSPS) is 10.5. The van der Waals surface area contributed by atoms with Gasteiger partial charge < -0.3 is 9.52 Å². The van der Waals surface area contributed by atoms with Gasteiger partial charge in [-0.15, -0.1) is 11.6 Å². The minimum atomic E-state index is -0.957. The molecule has 0 aliphatic carbocycles. The smallest absolute Gasteiger partial charge is 0.335 e. The zero-order valence-corrected chi connectivity index (χ0v) is 9.86. The maximum absolute atomic E-state index is 10.7. The summed E-state index contributed by atoms with van der Waals surface area (Å²) in [6.45, 7) is 1.79. The number of halogens is 1. The van der Waals surface area contributed by atoms with Gasteiger partial charge in [0, 0.05) is 5.56 Å². The number of aromatic carboxylic acids is 1. The highest BCUT2D eigenvalue weighted by atomic mass is 35.5. The second-order valence-electron chi connectivity index (χ2n) is 3.54. The largest absolute Gasteiger partial charge is 0.478 e. The molecule has 17 heavy (non-hydrogen) atoms. The van der Waals surface area contributed by atoms with Gasteiger partial charge in [0.2, 0.25) is 5.89 Å². The van der Waals surface area contributed by atoms with Gasteiger partial charge in [-0.2, -0.15) is 0 Å². The number of oxazole rings is 1. The highest BCUT2D eigenvalue weighted by Crippen LogP contribution is 2.22. The molecule has 0 bridgehead atoms. The van der Waals surface area contributed by atoms with Crippen molar-refractivity contribution in [3.8, 4) is 11.5 Å². The third-order valence-corrected chi connectivity index (χ3v) is 2.65. The fraction of sp³-hybridized carbons (Fsp3) is 0.167. The first-order valence-corrected chi connectivity index (χ1v) is 5.51. The molecule has 2 rings (SSSR count). The predicted octanol–water partition coefficient (Wildman–Crippen LogP) is 3.09. The standard InChI is InChI=1S/C12H10ClNO3/c1-7-10(6-13)14-11(17-7)8-2-4-9(5-3-8)12(15)16/h2-5H,6H2,1H3,(H,15,16). The Morgan fingerprint density at radius 2 is 2.06 bits per heavy atom. The van der Waals surface area contributed by atoms with Gasteiger partial charge in [0.25, 0.3) is 0 Å². The minimum absolute atomic E-state index is 0.231. The van der Waals surface area contributed by atoms with E-state index in [9.17, 15) is 4.79 Å². The molecule has 0 unspecified atom stereocenters. The number of rotatable bonds is 3. The molecule has 0 saturated heterocycles. The fourth-order valence-corrected chi connectivity index (χ4v) is 1.68. The summed E-state index contributed by atoms with van der Waals surface area (Å²) in [5.41, 5.74) is 1.66. The van der Waals surface area contributed by atoms with Crippen LogP contribution in [0.25, 0.3) is 11.5 Å². The summed E-state index contributed by atoms with van der Waals surface area (Å²) in [4.78, 5) is 14.9. The molecule has 5 heteroatoms. The summed E-state index contributed by atoms with van der Waals surface area (Å²) < 4.78 is 5.45. The zero-order valence-electron chi connectivity index (χ0n) is 9.11. The second kappa shape index (κ2) is 4.59. The molecule has 1 heterocycles. The quantitative estimate of drug-likeness (QED) is 0.852. The van der Waals surface area contributed by atoms with E-state index >= 15 is 0 Å². The Kier molecular flexibility index (Phi) is 3.15. The van der Waals surface area contributed by atoms with Crippen molar-refractivity contribution >= 4 is 17.6 Å². The van der Waals surface area contributed by atoms with Gasteiger partial charge in [-0.3, -0.25) is 0 Å². The summed E-state index contributed by atoms with van der Waals surface area (Å²) in [7, 11) is 0. The van der Waals surface area contributed by atoms with E-state index in [0.29, 0.717) is 23.2 Å². The summed E-state index contributed by atoms with van der Waals surface area (Å²) in [6.07, 6.45) is 0. The van der Waals surface area contributed by atoms with Crippen molar-refractivity contribution in [2.24, 2.45) is 0 Å². The van der Waals surface area contributed by atoms with Crippen molar-refractivity contribution in [3.63, 3.8) is 0 Å². The van der Waals surface area contributed by atoms with Crippen LogP contribution in [0.4, 0.5) is 0 Å². The van der Waals surface area contributed by atoms with Crippen molar-refractivity contribution in [2.45, 2.75) is 12.8 Å². The zero-order chi connectivity index (χ0) is 12.4. The van der Waals surface area contributed by atoms with Gasteiger partial charge in [-0.25, -0.2) is 9.78 Å². The number of aryl methyl sites for hydroxylation is 1. The van der Waals surface area contributed by atoms with Crippen molar-refractivity contribution in [3.05, 3.63) is 41.3 Å². The molecule has 1 aromatic carbocycles. The summed E-state index contributed by atoms with van der Waals surface area (Å²) >= 11 is 5.70. The van der Waals surface area contributed by atoms with Crippen LogP contribution in [0, 0.1) is 6.92 Å². The number of alkyl halides is 1. The summed E-state index contributed by atoms with van der Waals surface area (Å²) in [5, 5.41) is 8.78. The molecule has 0 radical (unpaired) electrons. The van der Waals surface area contributed by atoms with Crippen molar-refractivity contribution < 1.29 is 14.3 Å². The maximum Gasteiger partial charge on any atom is 0.335 e. The number of carboxylic acids is 1. The third kappa shape index (κ3) is 2.31. The molecule has 88 valence electrons. The average Bonchev–Trinajstić information content (AvgIpc) is 2.70. The Labute approximate surface area is 103 Å². The number of benzene rings is 1. The van der Waals surface area contributed by atoms with Gasteiger partial charge in [0.15, 0.2) is 0 Å². The van der Waals surface area contributed by atoms with E-state index in [-0.39, 0.29) is 5.56 Å². The number of carbonyl (C=O) groups is 1. The molecule has 1 aromatic heterocycles. The Bertz CT molecular complexity index is 545. The van der Waals surface area contributed by atoms with Crippen LogP contribution >= 0.6 is 11.6 Å². The Morgan fingerprint density at radius 3 is 2.53 bits per heavy atom. The van der Waals surface area contributed by atoms with E-state index in [1.165, 1.54) is 12.1 Å². The van der Waals surface area contributed by atoms with E-state index < -0.39 is 5.97 Å². The highest BCUT2D eigenvalue weighted by Gasteiger charge is 2.11. The first-order valence-electron chi connectivity index (χ1n) is 4.98. The molecule has 1 N–H and O–H groups in total. The molecule has 0 aliphatic heterocycles. The number of hydrogen-bond donors (Lipinski definition) is 1. The molecule has 4 nitrogen and oxygen atoms in total. The lowest BCUT2D eigenvalue weighted by Gasteiger charge is -1.96. The average molecular weight is 252 g/mol. The van der Waals surface area contributed by atoms with Gasteiger partial charge in [-0.05, 0) is 31.2 Å². The van der Waals surface area contributed by atoms with Gasteiger partial charge in [0.05, 0.1) is 17.1 Å². The van der Waals surface area contributed by atoms with Gasteiger partial charge in [0.1, 0.15) is 5.76 Å². The molecule has 0 fully saturated rings. The fourth-order valence-electron chi connectivity index (χ4n) is 1.43. The van der Waals surface area contributed by atoms with E-state index in [2.05, 4.69) is 4.98 Å². The van der Waals surface area contributed by atoms with Crippen LogP contribution in [-0.4, -0.2) is 16.1 Å². The van der Waals surface area contributed by atoms with Gasteiger partial charge >= 0.3 is 5.97 Å². The van der Waals surface area contributed by atoms with E-state index in [0.717, 1.165) is 5.56 Å². The molecule has 0 aliphatic rings. The number of hydrogen-bond acceptors (Lipinski definition) is 3. The van der Waals surface area contributed by atoms with Crippen LogP contribution in [0.3, 0.4) is 0 Å². The molecular formula is C12H10ClNO3. The van der Waals surface area contributed by atoms with Crippen LogP contribution in [0.5, 0.6) is 0 Å². The van der Waals surface area contributed by atoms with Crippen LogP contribution in [0.2, 0.25) is 0 Å². The maximum atomic E-state index is 10.7. The molecule has 0 saturated carbocycles. The topological polar surface area (TPSA) is 63.3 Å². The number of carboxylic acid groups (broad SMARTS) is 1. The highest BCUT2D eigenvalue weighted by molar-refractivity contribution is 6.17. The Hall–Kier alpha value is -1.81. The van der Waals surface area contributed by atoms with E-state index in [1.54, 1.807) is 19.1 Å². The van der Waals surface area contributed by atoms with Crippen molar-refractivity contribution in [1.29, 1.82) is 0 Å². The Balaban J connectivity index is 2.36. The minimum Gasteiger partial charge on any atom is -0.478 e. The van der Waals surface area contributed by atoms with Crippen molar-refractivity contribution in [2.75, 3.05) is 0 Å². The summed E-state index contributed by atoms with van der Waals surface area (Å²) in [6, 6.07) is 6.34. The Morgan fingerprint density at radius 1 is 1.41 bits per heavy atom. The lowest BCUT2D eigenvalue weighted by Crippen LogP contribution is -1.94. The van der Waals surface area contributed by atoms with Crippen LogP contribution in [-0.2, 0) is 5.88 Å². The van der Waals surface area contributed by atoms with Crippen LogP contribution < -0.4 is 0 Å². The lowest BCUT2D eigenvalue weighted by atomic mass is 10.1. The monoisotopic (exact) mass is 251 g/mol. The summed E-state index contributed by atoms with van der Waals surface area (Å²) in [5.74, 6) is 0.469. The first kappa shape index (κ1) is 11.7. The predicted molar refractivity (Wildman–Crippen MR) is 63.2 cm³/mol. The lowest BCUT2D eigenvalue weighted by molar-refractivity contribution is 0.0697. The van der Waals surface area contributed by atoms with Crippen LogP contribution in [0.15, 0.2) is 28.7 Å². The molecule has 0 spiro atoms. The second-order valence-corrected chi connectivity index (χ2v) is 3.81. The third-order valence-electron chi connectivity index (χ3n) is 2.40. The van der Waals surface area contributed by atoms with Crippen molar-refractivity contribution in [1.82, 2.24) is 4.98 Å². The van der Waals surface area contributed by atoms with Gasteiger partial charge in [-0.1, -0.05) is 0 Å².